The Bertz CT molecular complexity index is 300. The lowest BCUT2D eigenvalue weighted by Crippen LogP contribution is -2.29. The Hall–Kier alpha value is 0.0918. The van der Waals surface area contributed by atoms with Gasteiger partial charge in [-0.1, -0.05) is 12.1 Å². The predicted molar refractivity (Wildman–Crippen MR) is 60.2 cm³/mol. The molecule has 0 atom stereocenters. The lowest BCUT2D eigenvalue weighted by atomic mass is 10.2. The van der Waals surface area contributed by atoms with Crippen LogP contribution < -0.4 is 9.84 Å². The predicted octanol–water partition coefficient (Wildman–Crippen LogP) is 0.897. The molecular formula is C6H6BCl3O3Si. The molecule has 0 aliphatic heterocycles. The van der Waals surface area contributed by atoms with Crippen molar-refractivity contribution in [3.63, 3.8) is 0 Å². The first-order valence-corrected chi connectivity index (χ1v) is 8.63. The van der Waals surface area contributed by atoms with Gasteiger partial charge in [-0.15, -0.1) is 33.2 Å². The van der Waals surface area contributed by atoms with Gasteiger partial charge in [-0.3, -0.25) is 0 Å². The Morgan fingerprint density at radius 3 is 1.93 bits per heavy atom. The first kappa shape index (κ1) is 12.2. The van der Waals surface area contributed by atoms with E-state index in [0.717, 1.165) is 0 Å². The second-order valence-electron chi connectivity index (χ2n) is 2.47. The van der Waals surface area contributed by atoms with Crippen LogP contribution in [0.3, 0.4) is 0 Å². The van der Waals surface area contributed by atoms with Gasteiger partial charge in [0.05, 0.1) is 0 Å². The van der Waals surface area contributed by atoms with E-state index in [1.54, 1.807) is 12.1 Å². The average Bonchev–Trinajstić information content (AvgIpc) is 2.02. The van der Waals surface area contributed by atoms with E-state index < -0.39 is 13.3 Å². The summed E-state index contributed by atoms with van der Waals surface area (Å²) in [7, 11) is -1.84. The summed E-state index contributed by atoms with van der Waals surface area (Å²) in [5.41, 5.74) is 0. The van der Waals surface area contributed by atoms with Crippen molar-refractivity contribution in [2.45, 2.75) is 0 Å². The minimum absolute atomic E-state index is 0.298. The van der Waals surface area contributed by atoms with Crippen LogP contribution in [0.4, 0.5) is 0 Å². The summed E-state index contributed by atoms with van der Waals surface area (Å²) in [6.45, 7) is 0. The zero-order valence-corrected chi connectivity index (χ0v) is 10.1. The Kier molecular flexibility index (Phi) is 4.12. The lowest BCUT2D eigenvalue weighted by molar-refractivity contribution is 0.288. The molecule has 1 rings (SSSR count). The van der Waals surface area contributed by atoms with E-state index >= 15 is 0 Å². The molecule has 0 bridgehead atoms. The molecule has 0 heterocycles. The largest absolute Gasteiger partial charge is 0.707 e. The molecular weight excluding hydrogens is 265 g/mol. The SMILES string of the molecule is OB(O)Oc1ccc([Si](Cl)(Cl)Cl)cc1. The maximum Gasteiger partial charge on any atom is 0.707 e. The quantitative estimate of drug-likeness (QED) is 0.634. The van der Waals surface area contributed by atoms with E-state index in [4.69, 9.17) is 43.3 Å². The van der Waals surface area contributed by atoms with Crippen LogP contribution >= 0.6 is 33.2 Å². The molecule has 14 heavy (non-hydrogen) atoms. The van der Waals surface area contributed by atoms with Crippen LogP contribution in [0.5, 0.6) is 5.75 Å². The van der Waals surface area contributed by atoms with Crippen molar-refractivity contribution in [1.82, 2.24) is 0 Å². The van der Waals surface area contributed by atoms with Gasteiger partial charge in [0.1, 0.15) is 5.75 Å². The highest BCUT2D eigenvalue weighted by Crippen LogP contribution is 2.20. The Morgan fingerprint density at radius 1 is 1.07 bits per heavy atom. The molecule has 1 aromatic carbocycles. The Labute approximate surface area is 96.5 Å². The first-order chi connectivity index (χ1) is 6.39. The van der Waals surface area contributed by atoms with E-state index in [9.17, 15) is 0 Å². The monoisotopic (exact) mass is 270 g/mol. The molecule has 0 saturated carbocycles. The minimum Gasteiger partial charge on any atom is -0.512 e. The zero-order valence-electron chi connectivity index (χ0n) is 6.82. The highest BCUT2D eigenvalue weighted by Gasteiger charge is 2.27. The third-order valence-corrected chi connectivity index (χ3v) is 4.38. The Morgan fingerprint density at radius 2 is 1.57 bits per heavy atom. The summed E-state index contributed by atoms with van der Waals surface area (Å²) in [4.78, 5) is 0. The van der Waals surface area contributed by atoms with Crippen LogP contribution in [0.2, 0.25) is 0 Å². The number of halogens is 3. The minimum atomic E-state index is -2.86. The third kappa shape index (κ3) is 3.69. The fourth-order valence-corrected chi connectivity index (χ4v) is 2.52. The van der Waals surface area contributed by atoms with Crippen LogP contribution in [-0.2, 0) is 0 Å². The fourth-order valence-electron chi connectivity index (χ4n) is 0.844. The second kappa shape index (κ2) is 4.74. The number of hydrogen-bond donors (Lipinski definition) is 2. The van der Waals surface area contributed by atoms with Crippen LogP contribution in [0.15, 0.2) is 24.3 Å². The van der Waals surface area contributed by atoms with Gasteiger partial charge in [0.2, 0.25) is 0 Å². The molecule has 0 saturated heterocycles. The van der Waals surface area contributed by atoms with E-state index in [1.165, 1.54) is 12.1 Å². The molecule has 0 aromatic heterocycles. The molecule has 76 valence electrons. The third-order valence-electron chi connectivity index (χ3n) is 1.42. The smallest absolute Gasteiger partial charge is 0.512 e. The van der Waals surface area contributed by atoms with Crippen molar-refractivity contribution in [1.29, 1.82) is 0 Å². The summed E-state index contributed by atoms with van der Waals surface area (Å²) in [5, 5.41) is 17.6. The summed E-state index contributed by atoms with van der Waals surface area (Å²) in [6, 6.07) is 3.31. The van der Waals surface area contributed by atoms with Crippen LogP contribution in [-0.4, -0.2) is 23.4 Å². The van der Waals surface area contributed by atoms with Crippen molar-refractivity contribution in [2.75, 3.05) is 0 Å². The van der Waals surface area contributed by atoms with E-state index in [0.29, 0.717) is 10.9 Å². The molecule has 3 nitrogen and oxygen atoms in total. The number of rotatable bonds is 3. The standard InChI is InChI=1S/C6H6BCl3O3Si/c8-14(9,10)6-3-1-5(2-4-6)13-7(11)12/h1-4,11-12H. The lowest BCUT2D eigenvalue weighted by Gasteiger charge is -2.09. The van der Waals surface area contributed by atoms with Gasteiger partial charge in [0.15, 0.2) is 0 Å². The second-order valence-corrected chi connectivity index (χ2v) is 10.9. The van der Waals surface area contributed by atoms with Gasteiger partial charge in [-0.05, 0) is 17.3 Å². The highest BCUT2D eigenvalue weighted by atomic mass is 35.8. The zero-order chi connectivity index (χ0) is 10.8. The van der Waals surface area contributed by atoms with Gasteiger partial charge in [-0.25, -0.2) is 0 Å². The van der Waals surface area contributed by atoms with Gasteiger partial charge in [0.25, 0.3) is 0 Å². The summed E-state index contributed by atoms with van der Waals surface area (Å²) >= 11 is 17.2. The van der Waals surface area contributed by atoms with Crippen molar-refractivity contribution in [3.8, 4) is 5.75 Å². The van der Waals surface area contributed by atoms with E-state index in [1.807, 2.05) is 0 Å². The van der Waals surface area contributed by atoms with Crippen molar-refractivity contribution >= 4 is 51.7 Å². The van der Waals surface area contributed by atoms with Crippen LogP contribution in [0.1, 0.15) is 0 Å². The summed E-state index contributed by atoms with van der Waals surface area (Å²) < 4.78 is 4.58. The molecule has 0 spiro atoms. The molecule has 8 heteroatoms. The van der Waals surface area contributed by atoms with Gasteiger partial charge in [-0.2, -0.15) is 0 Å². The molecule has 1 aromatic rings. The van der Waals surface area contributed by atoms with Crippen molar-refractivity contribution < 1.29 is 14.7 Å². The normalized spacial score (nSPS) is 11.2. The molecule has 0 aliphatic carbocycles. The van der Waals surface area contributed by atoms with Crippen LogP contribution in [0.25, 0.3) is 0 Å². The molecule has 0 radical (unpaired) electrons. The molecule has 0 aliphatic rings. The highest BCUT2D eigenvalue weighted by molar-refractivity contribution is 7.69. The maximum absolute atomic E-state index is 8.50. The number of hydrogen-bond acceptors (Lipinski definition) is 3. The van der Waals surface area contributed by atoms with Gasteiger partial charge < -0.3 is 14.7 Å². The van der Waals surface area contributed by atoms with Crippen LogP contribution in [0, 0.1) is 0 Å². The number of benzene rings is 1. The summed E-state index contributed by atoms with van der Waals surface area (Å²) in [5.74, 6) is 0.298. The van der Waals surface area contributed by atoms with E-state index in [2.05, 4.69) is 4.65 Å². The van der Waals surface area contributed by atoms with E-state index in [-0.39, 0.29) is 0 Å². The first-order valence-electron chi connectivity index (χ1n) is 3.59. The Balaban J connectivity index is 2.79. The molecule has 2 N–H and O–H groups in total. The molecule has 0 unspecified atom stereocenters. The van der Waals surface area contributed by atoms with Gasteiger partial charge in [0, 0.05) is 0 Å². The maximum atomic E-state index is 8.50. The molecule has 0 amide bonds. The van der Waals surface area contributed by atoms with Gasteiger partial charge >= 0.3 is 13.3 Å². The van der Waals surface area contributed by atoms with Crippen molar-refractivity contribution in [3.05, 3.63) is 24.3 Å². The average molecular weight is 271 g/mol. The topological polar surface area (TPSA) is 49.7 Å². The fraction of sp³-hybridized carbons (Fsp3) is 0. The molecule has 0 fully saturated rings. The summed E-state index contributed by atoms with van der Waals surface area (Å²) in [6.07, 6.45) is 0. The van der Waals surface area contributed by atoms with Crippen molar-refractivity contribution in [2.24, 2.45) is 0 Å².